The van der Waals surface area contributed by atoms with Crippen molar-refractivity contribution in [2.75, 3.05) is 0 Å². The van der Waals surface area contributed by atoms with Gasteiger partial charge in [0.1, 0.15) is 5.41 Å². The van der Waals surface area contributed by atoms with Crippen molar-refractivity contribution in [3.8, 4) is 0 Å². The number of nitrogens with zero attached hydrogens (tertiary/aromatic N) is 2. The lowest BCUT2D eigenvalue weighted by molar-refractivity contribution is -0.133. The van der Waals surface area contributed by atoms with E-state index < -0.39 is 5.41 Å². The Morgan fingerprint density at radius 2 is 2.42 bits per heavy atom. The predicted octanol–water partition coefficient (Wildman–Crippen LogP) is 0.750. The Labute approximate surface area is 111 Å². The van der Waals surface area contributed by atoms with Gasteiger partial charge in [-0.2, -0.15) is 5.10 Å². The summed E-state index contributed by atoms with van der Waals surface area (Å²) < 4.78 is 0. The zero-order valence-corrected chi connectivity index (χ0v) is 11.1. The van der Waals surface area contributed by atoms with Crippen LogP contribution in [0.4, 0.5) is 0 Å². The number of hydrogen-bond donors (Lipinski definition) is 4. The van der Waals surface area contributed by atoms with E-state index in [-0.39, 0.29) is 17.8 Å². The third-order valence-corrected chi connectivity index (χ3v) is 3.79. The highest BCUT2D eigenvalue weighted by Gasteiger charge is 2.52. The lowest BCUT2D eigenvalue weighted by atomic mass is 9.61. The number of amides is 1. The van der Waals surface area contributed by atoms with Crippen molar-refractivity contribution in [3.63, 3.8) is 0 Å². The summed E-state index contributed by atoms with van der Waals surface area (Å²) in [7, 11) is 0. The minimum Gasteiger partial charge on any atom is -0.409 e. The molecule has 5 N–H and O–H groups in total. The molecular formula is C12H19N5O2. The summed E-state index contributed by atoms with van der Waals surface area (Å²) in [6.07, 6.45) is 4.59. The van der Waals surface area contributed by atoms with E-state index in [1.165, 1.54) is 0 Å². The Hall–Kier alpha value is -2.05. The van der Waals surface area contributed by atoms with Crippen LogP contribution in [-0.4, -0.2) is 27.1 Å². The number of aromatic nitrogens is 2. The van der Waals surface area contributed by atoms with E-state index in [1.54, 1.807) is 12.4 Å². The zero-order chi connectivity index (χ0) is 14.0. The van der Waals surface area contributed by atoms with Crippen LogP contribution in [0.2, 0.25) is 0 Å². The van der Waals surface area contributed by atoms with Crippen molar-refractivity contribution in [1.82, 2.24) is 15.5 Å². The number of hydrogen-bond acceptors (Lipinski definition) is 4. The predicted molar refractivity (Wildman–Crippen MR) is 69.4 cm³/mol. The van der Waals surface area contributed by atoms with E-state index in [2.05, 4.69) is 20.7 Å². The van der Waals surface area contributed by atoms with Gasteiger partial charge < -0.3 is 16.3 Å². The number of amidine groups is 1. The van der Waals surface area contributed by atoms with E-state index >= 15 is 0 Å². The second kappa shape index (κ2) is 4.91. The maximum atomic E-state index is 12.4. The smallest absolute Gasteiger partial charge is 0.234 e. The highest BCUT2D eigenvalue weighted by Crippen LogP contribution is 2.46. The molecule has 1 aliphatic rings. The zero-order valence-electron chi connectivity index (χ0n) is 11.1. The van der Waals surface area contributed by atoms with E-state index in [0.717, 1.165) is 5.56 Å². The standard InChI is InChI=1S/C12H19N5O2/c1-7-3-12(4-7,10(13)17-19)11(18)16-8(2)9-5-14-15-6-9/h5-8,19H,3-4H2,1-2H3,(H2,13,17)(H,14,15)(H,16,18). The Morgan fingerprint density at radius 3 is 2.89 bits per heavy atom. The fourth-order valence-corrected chi connectivity index (χ4v) is 2.65. The quantitative estimate of drug-likeness (QED) is 0.278. The number of nitrogens with two attached hydrogens (primary N) is 1. The molecule has 104 valence electrons. The van der Waals surface area contributed by atoms with Crippen LogP contribution in [0.5, 0.6) is 0 Å². The van der Waals surface area contributed by atoms with Crippen molar-refractivity contribution in [2.24, 2.45) is 22.2 Å². The molecule has 1 unspecified atom stereocenters. The molecule has 1 saturated carbocycles. The van der Waals surface area contributed by atoms with Gasteiger partial charge in [0, 0.05) is 11.8 Å². The molecule has 1 heterocycles. The average Bonchev–Trinajstić information content (AvgIpc) is 2.87. The van der Waals surface area contributed by atoms with Gasteiger partial charge in [0.25, 0.3) is 0 Å². The Balaban J connectivity index is 2.09. The van der Waals surface area contributed by atoms with Gasteiger partial charge in [0.2, 0.25) is 5.91 Å². The molecule has 7 nitrogen and oxygen atoms in total. The lowest BCUT2D eigenvalue weighted by Gasteiger charge is -2.44. The molecule has 1 aliphatic carbocycles. The Morgan fingerprint density at radius 1 is 1.74 bits per heavy atom. The highest BCUT2D eigenvalue weighted by atomic mass is 16.4. The summed E-state index contributed by atoms with van der Waals surface area (Å²) in [5.74, 6) is 0.187. The van der Waals surface area contributed by atoms with E-state index in [4.69, 9.17) is 10.9 Å². The average molecular weight is 265 g/mol. The first kappa shape index (κ1) is 13.4. The van der Waals surface area contributed by atoms with Crippen LogP contribution >= 0.6 is 0 Å². The largest absolute Gasteiger partial charge is 0.409 e. The van der Waals surface area contributed by atoms with Gasteiger partial charge in [-0.1, -0.05) is 12.1 Å². The van der Waals surface area contributed by atoms with Crippen LogP contribution in [0.25, 0.3) is 0 Å². The molecule has 0 bridgehead atoms. The summed E-state index contributed by atoms with van der Waals surface area (Å²) >= 11 is 0. The van der Waals surface area contributed by atoms with E-state index in [1.807, 2.05) is 13.8 Å². The number of aromatic amines is 1. The SMILES string of the molecule is CC1CC(C(=O)NC(C)c2cn[nH]c2)(C(N)=NO)C1. The van der Waals surface area contributed by atoms with Crippen LogP contribution in [-0.2, 0) is 4.79 Å². The molecule has 1 fully saturated rings. The van der Waals surface area contributed by atoms with Crippen LogP contribution < -0.4 is 11.1 Å². The van der Waals surface area contributed by atoms with Gasteiger partial charge in [0.15, 0.2) is 5.84 Å². The number of oxime groups is 1. The van der Waals surface area contributed by atoms with Crippen LogP contribution in [0.15, 0.2) is 17.5 Å². The molecule has 1 atom stereocenters. The monoisotopic (exact) mass is 265 g/mol. The van der Waals surface area contributed by atoms with Crippen LogP contribution in [0.3, 0.4) is 0 Å². The Kier molecular flexibility index (Phi) is 3.46. The second-order valence-corrected chi connectivity index (χ2v) is 5.31. The molecule has 0 aliphatic heterocycles. The van der Waals surface area contributed by atoms with Crippen molar-refractivity contribution >= 4 is 11.7 Å². The van der Waals surface area contributed by atoms with Crippen molar-refractivity contribution in [3.05, 3.63) is 18.0 Å². The molecular weight excluding hydrogens is 246 g/mol. The molecule has 0 radical (unpaired) electrons. The fraction of sp³-hybridized carbons (Fsp3) is 0.583. The molecule has 19 heavy (non-hydrogen) atoms. The first-order valence-corrected chi connectivity index (χ1v) is 6.27. The van der Waals surface area contributed by atoms with Gasteiger partial charge >= 0.3 is 0 Å². The summed E-state index contributed by atoms with van der Waals surface area (Å²) in [5.41, 5.74) is 5.71. The minimum atomic E-state index is -0.869. The summed E-state index contributed by atoms with van der Waals surface area (Å²) in [6, 6.07) is -0.175. The number of rotatable bonds is 4. The van der Waals surface area contributed by atoms with Gasteiger partial charge in [0.05, 0.1) is 12.2 Å². The lowest BCUT2D eigenvalue weighted by Crippen LogP contribution is -2.57. The third kappa shape index (κ3) is 2.27. The summed E-state index contributed by atoms with van der Waals surface area (Å²) in [6.45, 7) is 3.90. The maximum absolute atomic E-state index is 12.4. The molecule has 0 saturated heterocycles. The van der Waals surface area contributed by atoms with E-state index in [9.17, 15) is 4.79 Å². The topological polar surface area (TPSA) is 116 Å². The van der Waals surface area contributed by atoms with Gasteiger partial charge in [-0.05, 0) is 25.7 Å². The van der Waals surface area contributed by atoms with Gasteiger partial charge in [-0.15, -0.1) is 0 Å². The number of nitrogens with one attached hydrogen (secondary N) is 2. The normalized spacial score (nSPS) is 28.5. The number of carbonyl (C=O) groups excluding carboxylic acids is 1. The van der Waals surface area contributed by atoms with Crippen LogP contribution in [0, 0.1) is 11.3 Å². The van der Waals surface area contributed by atoms with E-state index in [0.29, 0.717) is 18.8 Å². The van der Waals surface area contributed by atoms with Crippen LogP contribution in [0.1, 0.15) is 38.3 Å². The first-order chi connectivity index (χ1) is 8.99. The fourth-order valence-electron chi connectivity index (χ4n) is 2.65. The summed E-state index contributed by atoms with van der Waals surface area (Å²) in [5, 5.41) is 21.3. The molecule has 1 aromatic heterocycles. The summed E-state index contributed by atoms with van der Waals surface area (Å²) in [4.78, 5) is 12.4. The molecule has 2 rings (SSSR count). The van der Waals surface area contributed by atoms with Crippen molar-refractivity contribution in [1.29, 1.82) is 0 Å². The number of H-pyrrole nitrogens is 1. The molecule has 0 aromatic carbocycles. The molecule has 7 heteroatoms. The molecule has 1 amide bonds. The molecule has 1 aromatic rings. The maximum Gasteiger partial charge on any atom is 0.234 e. The van der Waals surface area contributed by atoms with Crippen molar-refractivity contribution in [2.45, 2.75) is 32.7 Å². The highest BCUT2D eigenvalue weighted by molar-refractivity contribution is 6.07. The second-order valence-electron chi connectivity index (χ2n) is 5.31. The molecule has 0 spiro atoms. The van der Waals surface area contributed by atoms with Gasteiger partial charge in [-0.25, -0.2) is 0 Å². The van der Waals surface area contributed by atoms with Gasteiger partial charge in [-0.3, -0.25) is 9.89 Å². The van der Waals surface area contributed by atoms with Crippen molar-refractivity contribution < 1.29 is 10.0 Å². The minimum absolute atomic E-state index is 0.0116. The first-order valence-electron chi connectivity index (χ1n) is 6.27. The third-order valence-electron chi connectivity index (χ3n) is 3.79. The Bertz CT molecular complexity index is 476. The number of carbonyl (C=O) groups is 1.